The van der Waals surface area contributed by atoms with E-state index in [1.807, 2.05) is 17.5 Å². The van der Waals surface area contributed by atoms with E-state index in [4.69, 9.17) is 0 Å². The van der Waals surface area contributed by atoms with E-state index in [2.05, 4.69) is 5.32 Å². The first-order valence-electron chi connectivity index (χ1n) is 7.32. The van der Waals surface area contributed by atoms with Crippen molar-refractivity contribution in [1.82, 2.24) is 10.2 Å². The molecule has 1 N–H and O–H groups in total. The Morgan fingerprint density at radius 3 is 2.77 bits per heavy atom. The van der Waals surface area contributed by atoms with Crippen LogP contribution in [0.4, 0.5) is 18.0 Å². The van der Waals surface area contributed by atoms with Crippen LogP contribution < -0.4 is 5.32 Å². The van der Waals surface area contributed by atoms with Gasteiger partial charge in [-0.15, -0.1) is 11.3 Å². The Bertz CT molecular complexity index is 499. The van der Waals surface area contributed by atoms with E-state index in [9.17, 15) is 18.0 Å². The smallest absolute Gasteiger partial charge is 0.338 e. The van der Waals surface area contributed by atoms with Crippen LogP contribution in [0.3, 0.4) is 0 Å². The number of carbonyl (C=O) groups excluding carboxylic acids is 1. The van der Waals surface area contributed by atoms with E-state index in [1.165, 1.54) is 9.78 Å². The van der Waals surface area contributed by atoms with Gasteiger partial charge >= 0.3 is 12.2 Å². The average Bonchev–Trinajstić information content (AvgIpc) is 2.88. The van der Waals surface area contributed by atoms with E-state index in [0.717, 1.165) is 6.42 Å². The molecule has 1 unspecified atom stereocenters. The van der Waals surface area contributed by atoms with Crippen molar-refractivity contribution in [3.63, 3.8) is 0 Å². The number of nitrogens with one attached hydrogen (secondary N) is 1. The van der Waals surface area contributed by atoms with Crippen LogP contribution in [-0.2, 0) is 6.42 Å². The Morgan fingerprint density at radius 2 is 2.23 bits per heavy atom. The highest BCUT2D eigenvalue weighted by molar-refractivity contribution is 7.09. The molecule has 1 aromatic heterocycles. The number of hydrogen-bond acceptors (Lipinski definition) is 2. The molecule has 1 aromatic rings. The predicted molar refractivity (Wildman–Crippen MR) is 80.9 cm³/mol. The lowest BCUT2D eigenvalue weighted by molar-refractivity contribution is -0.214. The second-order valence-corrected chi connectivity index (χ2v) is 7.39. The number of halogens is 3. The zero-order chi connectivity index (χ0) is 16.4. The summed E-state index contributed by atoms with van der Waals surface area (Å²) in [6.45, 7) is 3.94. The summed E-state index contributed by atoms with van der Waals surface area (Å²) in [5.41, 5.74) is -0.957. The Balaban J connectivity index is 1.85. The van der Waals surface area contributed by atoms with Gasteiger partial charge in [-0.05, 0) is 29.7 Å². The molecule has 1 saturated heterocycles. The molecule has 0 spiro atoms. The van der Waals surface area contributed by atoms with E-state index >= 15 is 0 Å². The molecule has 1 aliphatic heterocycles. The van der Waals surface area contributed by atoms with Crippen molar-refractivity contribution in [3.8, 4) is 0 Å². The van der Waals surface area contributed by atoms with Crippen LogP contribution in [0.1, 0.15) is 25.1 Å². The molecule has 1 atom stereocenters. The van der Waals surface area contributed by atoms with Crippen LogP contribution >= 0.6 is 11.3 Å². The Hall–Kier alpha value is -1.24. The summed E-state index contributed by atoms with van der Waals surface area (Å²) in [6.07, 6.45) is -3.49. The summed E-state index contributed by atoms with van der Waals surface area (Å²) in [5, 5.41) is 4.77. The van der Waals surface area contributed by atoms with Gasteiger partial charge in [0, 0.05) is 24.5 Å². The first-order chi connectivity index (χ1) is 10.2. The normalized spacial score (nSPS) is 21.7. The van der Waals surface area contributed by atoms with Gasteiger partial charge in [-0.2, -0.15) is 13.2 Å². The number of likely N-dealkylation sites (tertiary alicyclic amines) is 1. The average molecular weight is 334 g/mol. The number of thiophene rings is 1. The molecule has 0 aromatic carbocycles. The number of piperidine rings is 1. The molecule has 1 aliphatic rings. The third-order valence-corrected chi connectivity index (χ3v) is 5.08. The molecule has 2 rings (SSSR count). The van der Waals surface area contributed by atoms with Gasteiger partial charge in [0.2, 0.25) is 0 Å². The Labute approximate surface area is 132 Å². The molecule has 2 heterocycles. The van der Waals surface area contributed by atoms with Gasteiger partial charge in [-0.3, -0.25) is 0 Å². The molecule has 0 bridgehead atoms. The van der Waals surface area contributed by atoms with Gasteiger partial charge in [-0.1, -0.05) is 19.9 Å². The van der Waals surface area contributed by atoms with Gasteiger partial charge in [0.1, 0.15) is 0 Å². The van der Waals surface area contributed by atoms with Gasteiger partial charge in [0.05, 0.1) is 5.92 Å². The largest absolute Gasteiger partial charge is 0.392 e. The van der Waals surface area contributed by atoms with Crippen LogP contribution in [0.5, 0.6) is 0 Å². The molecule has 0 saturated carbocycles. The van der Waals surface area contributed by atoms with Crippen molar-refractivity contribution in [2.24, 2.45) is 11.3 Å². The maximum atomic E-state index is 13.0. The van der Waals surface area contributed by atoms with Gasteiger partial charge in [0.15, 0.2) is 0 Å². The number of amides is 2. The summed E-state index contributed by atoms with van der Waals surface area (Å²) in [5.74, 6) is -1.35. The summed E-state index contributed by atoms with van der Waals surface area (Å²) >= 11 is 1.62. The molecule has 22 heavy (non-hydrogen) atoms. The molecule has 0 radical (unpaired) electrons. The highest BCUT2D eigenvalue weighted by Crippen LogP contribution is 2.44. The molecular weight excluding hydrogens is 313 g/mol. The summed E-state index contributed by atoms with van der Waals surface area (Å²) in [7, 11) is 0. The van der Waals surface area contributed by atoms with Gasteiger partial charge < -0.3 is 10.2 Å². The number of alkyl halides is 3. The van der Waals surface area contributed by atoms with Gasteiger partial charge in [0.25, 0.3) is 0 Å². The van der Waals surface area contributed by atoms with E-state index in [1.54, 1.807) is 25.2 Å². The summed E-state index contributed by atoms with van der Waals surface area (Å²) in [6, 6.07) is 3.67. The lowest BCUT2D eigenvalue weighted by atomic mass is 9.73. The van der Waals surface area contributed by atoms with Crippen molar-refractivity contribution in [3.05, 3.63) is 22.4 Å². The number of rotatable bonds is 3. The number of carbonyl (C=O) groups is 1. The Kier molecular flexibility index (Phi) is 5.04. The summed E-state index contributed by atoms with van der Waals surface area (Å²) < 4.78 is 39.0. The standard InChI is InChI=1S/C15H21F3N2OS/c1-14(2)10-20(8-6-12(14)15(16,17)18)13(21)19-7-5-11-4-3-9-22-11/h3-4,9,12H,5-8,10H2,1-2H3,(H,19,21). The maximum Gasteiger partial charge on any atom is 0.392 e. The van der Waals surface area contributed by atoms with Crippen molar-refractivity contribution < 1.29 is 18.0 Å². The molecule has 2 amide bonds. The van der Waals surface area contributed by atoms with E-state index in [-0.39, 0.29) is 25.5 Å². The van der Waals surface area contributed by atoms with Crippen molar-refractivity contribution in [2.45, 2.75) is 32.9 Å². The SMILES string of the molecule is CC1(C)CN(C(=O)NCCc2cccs2)CCC1C(F)(F)F. The highest BCUT2D eigenvalue weighted by Gasteiger charge is 2.51. The first kappa shape index (κ1) is 17.1. The molecule has 1 fully saturated rings. The maximum absolute atomic E-state index is 13.0. The van der Waals surface area contributed by atoms with Crippen molar-refractivity contribution >= 4 is 17.4 Å². The van der Waals surface area contributed by atoms with Gasteiger partial charge in [-0.25, -0.2) is 4.79 Å². The molecule has 7 heteroatoms. The Morgan fingerprint density at radius 1 is 1.50 bits per heavy atom. The third kappa shape index (κ3) is 4.15. The van der Waals surface area contributed by atoms with Crippen LogP contribution in [0.2, 0.25) is 0 Å². The molecular formula is C15H21F3N2OS. The van der Waals surface area contributed by atoms with E-state index < -0.39 is 17.5 Å². The lowest BCUT2D eigenvalue weighted by Gasteiger charge is -2.44. The van der Waals surface area contributed by atoms with Crippen molar-refractivity contribution in [2.75, 3.05) is 19.6 Å². The first-order valence-corrected chi connectivity index (χ1v) is 8.20. The third-order valence-electron chi connectivity index (χ3n) is 4.14. The fourth-order valence-corrected chi connectivity index (χ4v) is 3.71. The number of nitrogens with zero attached hydrogens (tertiary/aromatic N) is 1. The predicted octanol–water partition coefficient (Wildman–Crippen LogP) is 3.91. The topological polar surface area (TPSA) is 32.3 Å². The fraction of sp³-hybridized carbons (Fsp3) is 0.667. The van der Waals surface area contributed by atoms with Crippen LogP contribution in [0, 0.1) is 11.3 Å². The zero-order valence-electron chi connectivity index (χ0n) is 12.7. The monoisotopic (exact) mass is 334 g/mol. The quantitative estimate of drug-likeness (QED) is 0.893. The summed E-state index contributed by atoms with van der Waals surface area (Å²) in [4.78, 5) is 14.8. The second kappa shape index (κ2) is 6.48. The molecule has 124 valence electrons. The minimum absolute atomic E-state index is 0.0329. The molecule has 3 nitrogen and oxygen atoms in total. The van der Waals surface area contributed by atoms with Crippen LogP contribution in [-0.4, -0.2) is 36.7 Å². The minimum atomic E-state index is -4.20. The number of hydrogen-bond donors (Lipinski definition) is 1. The second-order valence-electron chi connectivity index (χ2n) is 6.35. The van der Waals surface area contributed by atoms with Crippen molar-refractivity contribution in [1.29, 1.82) is 0 Å². The van der Waals surface area contributed by atoms with Crippen LogP contribution in [0.25, 0.3) is 0 Å². The highest BCUT2D eigenvalue weighted by atomic mass is 32.1. The fourth-order valence-electron chi connectivity index (χ4n) is 3.00. The lowest BCUT2D eigenvalue weighted by Crippen LogP contribution is -2.54. The zero-order valence-corrected chi connectivity index (χ0v) is 13.6. The van der Waals surface area contributed by atoms with Crippen LogP contribution in [0.15, 0.2) is 17.5 Å². The molecule has 0 aliphatic carbocycles. The number of urea groups is 1. The van der Waals surface area contributed by atoms with E-state index in [0.29, 0.717) is 6.54 Å². The minimum Gasteiger partial charge on any atom is -0.338 e.